The van der Waals surface area contributed by atoms with Crippen molar-refractivity contribution in [2.75, 3.05) is 0 Å². The highest BCUT2D eigenvalue weighted by Gasteiger charge is 2.14. The van der Waals surface area contributed by atoms with Gasteiger partial charge in [-0.05, 0) is 28.4 Å². The number of pyridine rings is 1. The molecule has 0 radical (unpaired) electrons. The quantitative estimate of drug-likeness (QED) is 0.768. The molecule has 1 nitrogen and oxygen atoms in total. The fraction of sp³-hybridized carbons (Fsp3) is 0.0833. The lowest BCUT2D eigenvalue weighted by Crippen LogP contribution is -1.93. The first-order valence-electron chi connectivity index (χ1n) is 4.65. The predicted molar refractivity (Wildman–Crippen MR) is 62.0 cm³/mol. The van der Waals surface area contributed by atoms with E-state index in [0.29, 0.717) is 10.0 Å². The molecule has 0 saturated heterocycles. The van der Waals surface area contributed by atoms with Gasteiger partial charge in [-0.2, -0.15) is 0 Å². The first-order valence-corrected chi connectivity index (χ1v) is 5.45. The van der Waals surface area contributed by atoms with Gasteiger partial charge in [-0.1, -0.05) is 18.2 Å². The minimum absolute atomic E-state index is 0.0504. The molecule has 0 amide bonds. The van der Waals surface area contributed by atoms with E-state index in [2.05, 4.69) is 20.9 Å². The topological polar surface area (TPSA) is 12.9 Å². The first kappa shape index (κ1) is 11.2. The summed E-state index contributed by atoms with van der Waals surface area (Å²) in [4.78, 5) is 3.46. The van der Waals surface area contributed by atoms with Gasteiger partial charge in [-0.3, -0.25) is 4.98 Å². The van der Waals surface area contributed by atoms with Crippen molar-refractivity contribution in [3.63, 3.8) is 0 Å². The van der Waals surface area contributed by atoms with Crippen LogP contribution in [0.1, 0.15) is 5.56 Å². The average molecular weight is 284 g/mol. The fourth-order valence-electron chi connectivity index (χ4n) is 1.51. The van der Waals surface area contributed by atoms with E-state index < -0.39 is 11.6 Å². The summed E-state index contributed by atoms with van der Waals surface area (Å²) in [7, 11) is 0. The Kier molecular flexibility index (Phi) is 3.01. The first-order chi connectivity index (χ1) is 7.61. The van der Waals surface area contributed by atoms with Crippen molar-refractivity contribution in [3.05, 3.63) is 52.3 Å². The molecule has 0 aliphatic heterocycles. The highest BCUT2D eigenvalue weighted by Crippen LogP contribution is 2.33. The minimum atomic E-state index is -0.661. The van der Waals surface area contributed by atoms with Crippen LogP contribution in [0, 0.1) is 18.6 Å². The molecule has 16 heavy (non-hydrogen) atoms. The van der Waals surface area contributed by atoms with Crippen molar-refractivity contribution >= 4 is 15.9 Å². The van der Waals surface area contributed by atoms with E-state index in [0.717, 1.165) is 18.0 Å². The van der Waals surface area contributed by atoms with Crippen LogP contribution in [0.2, 0.25) is 0 Å². The van der Waals surface area contributed by atoms with Crippen molar-refractivity contribution < 1.29 is 8.78 Å². The number of benzene rings is 1. The van der Waals surface area contributed by atoms with Crippen LogP contribution in [-0.4, -0.2) is 4.98 Å². The van der Waals surface area contributed by atoms with Crippen LogP contribution in [-0.2, 0) is 0 Å². The molecule has 0 N–H and O–H groups in total. The second-order valence-corrected chi connectivity index (χ2v) is 4.21. The van der Waals surface area contributed by atoms with Crippen molar-refractivity contribution in [3.8, 4) is 11.1 Å². The van der Waals surface area contributed by atoms with Crippen molar-refractivity contribution in [2.24, 2.45) is 0 Å². The Morgan fingerprint density at radius 1 is 1.12 bits per heavy atom. The Morgan fingerprint density at radius 3 is 2.38 bits per heavy atom. The van der Waals surface area contributed by atoms with Crippen LogP contribution in [0.15, 0.2) is 35.1 Å². The highest BCUT2D eigenvalue weighted by atomic mass is 79.9. The van der Waals surface area contributed by atoms with Gasteiger partial charge in [0.15, 0.2) is 11.6 Å². The summed E-state index contributed by atoms with van der Waals surface area (Å²) in [6.07, 6.45) is 2.01. The molecule has 82 valence electrons. The van der Waals surface area contributed by atoms with Crippen LogP contribution < -0.4 is 0 Å². The summed E-state index contributed by atoms with van der Waals surface area (Å²) in [5.74, 6) is -1.32. The summed E-state index contributed by atoms with van der Waals surface area (Å²) in [5, 5.41) is 0. The molecule has 0 spiro atoms. The summed E-state index contributed by atoms with van der Waals surface area (Å²) in [6.45, 7) is 1.87. The second-order valence-electron chi connectivity index (χ2n) is 3.41. The zero-order chi connectivity index (χ0) is 11.7. The third kappa shape index (κ3) is 1.85. The molecule has 4 heteroatoms. The number of nitrogens with zero attached hydrogens (tertiary/aromatic N) is 1. The Labute approximate surface area is 100 Å². The largest absolute Gasteiger partial charge is 0.259 e. The molecular weight excluding hydrogens is 276 g/mol. The summed E-state index contributed by atoms with van der Waals surface area (Å²) < 4.78 is 27.7. The van der Waals surface area contributed by atoms with Gasteiger partial charge >= 0.3 is 0 Å². The van der Waals surface area contributed by atoms with Gasteiger partial charge < -0.3 is 0 Å². The second kappa shape index (κ2) is 4.29. The molecule has 0 aliphatic carbocycles. The Bertz CT molecular complexity index is 520. The van der Waals surface area contributed by atoms with E-state index in [1.54, 1.807) is 12.1 Å². The lowest BCUT2D eigenvalue weighted by Gasteiger charge is -2.08. The maximum Gasteiger partial charge on any atom is 0.152 e. The standard InChI is InChI=1S/C12H8BrF2N/c1-7-3-2-4-8(12(7)13)11-9(14)5-16-6-10(11)15/h2-6H,1H3. The van der Waals surface area contributed by atoms with Crippen LogP contribution in [0.4, 0.5) is 8.78 Å². The third-order valence-electron chi connectivity index (χ3n) is 2.31. The number of hydrogen-bond acceptors (Lipinski definition) is 1. The van der Waals surface area contributed by atoms with Crippen molar-refractivity contribution in [1.29, 1.82) is 0 Å². The maximum atomic E-state index is 13.5. The third-order valence-corrected chi connectivity index (χ3v) is 3.37. The molecule has 1 heterocycles. The van der Waals surface area contributed by atoms with Gasteiger partial charge in [-0.15, -0.1) is 0 Å². The van der Waals surface area contributed by atoms with Gasteiger partial charge in [0.25, 0.3) is 0 Å². The molecular formula is C12H8BrF2N. The van der Waals surface area contributed by atoms with E-state index in [9.17, 15) is 8.78 Å². The SMILES string of the molecule is Cc1cccc(-c2c(F)cncc2F)c1Br. The number of hydrogen-bond donors (Lipinski definition) is 0. The predicted octanol–water partition coefficient (Wildman–Crippen LogP) is 4.10. The molecule has 0 unspecified atom stereocenters. The lowest BCUT2D eigenvalue weighted by atomic mass is 10.0. The molecule has 1 aromatic carbocycles. The minimum Gasteiger partial charge on any atom is -0.259 e. The number of halogens is 3. The molecule has 1 aromatic heterocycles. The van der Waals surface area contributed by atoms with Crippen LogP contribution in [0.3, 0.4) is 0 Å². The van der Waals surface area contributed by atoms with Gasteiger partial charge in [0.1, 0.15) is 0 Å². The van der Waals surface area contributed by atoms with Crippen LogP contribution >= 0.6 is 15.9 Å². The zero-order valence-corrected chi connectivity index (χ0v) is 10.1. The fourth-order valence-corrected chi connectivity index (χ4v) is 1.97. The van der Waals surface area contributed by atoms with Crippen LogP contribution in [0.25, 0.3) is 11.1 Å². The maximum absolute atomic E-state index is 13.5. The zero-order valence-electron chi connectivity index (χ0n) is 8.47. The monoisotopic (exact) mass is 283 g/mol. The van der Waals surface area contributed by atoms with E-state index in [1.165, 1.54) is 0 Å². The summed E-state index contributed by atoms with van der Waals surface area (Å²) in [6, 6.07) is 5.29. The lowest BCUT2D eigenvalue weighted by molar-refractivity contribution is 0.579. The molecule has 0 atom stereocenters. The average Bonchev–Trinajstić information content (AvgIpc) is 2.24. The molecule has 0 fully saturated rings. The Balaban J connectivity index is 2.73. The molecule has 0 bridgehead atoms. The number of rotatable bonds is 1. The Morgan fingerprint density at radius 2 is 1.75 bits per heavy atom. The van der Waals surface area contributed by atoms with E-state index in [4.69, 9.17) is 0 Å². The molecule has 2 aromatic rings. The van der Waals surface area contributed by atoms with Gasteiger partial charge in [0, 0.05) is 10.0 Å². The van der Waals surface area contributed by atoms with E-state index >= 15 is 0 Å². The number of aryl methyl sites for hydroxylation is 1. The molecule has 2 rings (SSSR count). The van der Waals surface area contributed by atoms with E-state index in [1.807, 2.05) is 13.0 Å². The van der Waals surface area contributed by atoms with E-state index in [-0.39, 0.29) is 5.56 Å². The summed E-state index contributed by atoms with van der Waals surface area (Å²) >= 11 is 3.33. The van der Waals surface area contributed by atoms with Crippen molar-refractivity contribution in [2.45, 2.75) is 6.92 Å². The van der Waals surface area contributed by atoms with Gasteiger partial charge in [0.2, 0.25) is 0 Å². The van der Waals surface area contributed by atoms with Crippen LogP contribution in [0.5, 0.6) is 0 Å². The molecule has 0 aliphatic rings. The normalized spacial score (nSPS) is 10.5. The van der Waals surface area contributed by atoms with Crippen molar-refractivity contribution in [1.82, 2.24) is 4.98 Å². The van der Waals surface area contributed by atoms with Gasteiger partial charge in [-0.25, -0.2) is 8.78 Å². The highest BCUT2D eigenvalue weighted by molar-refractivity contribution is 9.10. The number of aromatic nitrogens is 1. The Hall–Kier alpha value is -1.29. The summed E-state index contributed by atoms with van der Waals surface area (Å²) in [5.41, 5.74) is 1.37. The molecule has 0 saturated carbocycles. The smallest absolute Gasteiger partial charge is 0.152 e. The van der Waals surface area contributed by atoms with Gasteiger partial charge in [0.05, 0.1) is 18.0 Å².